The lowest BCUT2D eigenvalue weighted by molar-refractivity contribution is 0.200. The summed E-state index contributed by atoms with van der Waals surface area (Å²) >= 11 is 1.89. The lowest BCUT2D eigenvalue weighted by atomic mass is 10.1. The monoisotopic (exact) mass is 316 g/mol. The molecule has 2 heterocycles. The van der Waals surface area contributed by atoms with Gasteiger partial charge in [0, 0.05) is 44.0 Å². The Bertz CT molecular complexity index is 622. The van der Waals surface area contributed by atoms with E-state index >= 15 is 0 Å². The summed E-state index contributed by atoms with van der Waals surface area (Å²) < 4.78 is 1.95. The smallest absolute Gasteiger partial charge is 0.318 e. The Balaban J connectivity index is 1.83. The molecule has 6 heteroatoms. The molecule has 0 saturated carbocycles. The number of nitrogens with one attached hydrogen (secondary N) is 1. The zero-order valence-electron chi connectivity index (χ0n) is 12.6. The van der Waals surface area contributed by atoms with Gasteiger partial charge in [-0.2, -0.15) is 11.8 Å². The zero-order valence-corrected chi connectivity index (χ0v) is 13.4. The number of imidazole rings is 1. The van der Waals surface area contributed by atoms with Crippen molar-refractivity contribution < 1.29 is 4.79 Å². The molecule has 1 N–H and O–H groups in total. The summed E-state index contributed by atoms with van der Waals surface area (Å²) in [6, 6.07) is 9.73. The summed E-state index contributed by atoms with van der Waals surface area (Å²) in [5, 5.41) is 3.14. The van der Waals surface area contributed by atoms with Gasteiger partial charge in [0.15, 0.2) is 0 Å². The van der Waals surface area contributed by atoms with Gasteiger partial charge >= 0.3 is 6.03 Å². The molecule has 1 aliphatic heterocycles. The van der Waals surface area contributed by atoms with Crippen molar-refractivity contribution in [1.29, 1.82) is 0 Å². The van der Waals surface area contributed by atoms with Crippen molar-refractivity contribution in [3.05, 3.63) is 54.1 Å². The SMILES string of the molecule is Cn1ccnc1[C@@H](NC(=O)N1CCSCC1)c1ccccc1. The van der Waals surface area contributed by atoms with Gasteiger partial charge in [-0.15, -0.1) is 0 Å². The number of hydrogen-bond donors (Lipinski definition) is 1. The minimum absolute atomic E-state index is 0.0165. The molecule has 3 rings (SSSR count). The first-order chi connectivity index (χ1) is 10.8. The van der Waals surface area contributed by atoms with E-state index in [4.69, 9.17) is 0 Å². The normalized spacial score (nSPS) is 16.3. The first kappa shape index (κ1) is 15.0. The van der Waals surface area contributed by atoms with Crippen molar-refractivity contribution in [2.75, 3.05) is 24.6 Å². The number of carbonyl (C=O) groups excluding carboxylic acids is 1. The zero-order chi connectivity index (χ0) is 15.4. The molecule has 1 atom stereocenters. The molecule has 116 valence electrons. The molecule has 0 unspecified atom stereocenters. The maximum Gasteiger partial charge on any atom is 0.318 e. The fraction of sp³-hybridized carbons (Fsp3) is 0.375. The number of benzene rings is 1. The third-order valence-corrected chi connectivity index (χ3v) is 4.76. The number of urea groups is 1. The van der Waals surface area contributed by atoms with Gasteiger partial charge in [0.25, 0.3) is 0 Å². The summed E-state index contributed by atoms with van der Waals surface area (Å²) in [5.74, 6) is 2.85. The van der Waals surface area contributed by atoms with E-state index in [-0.39, 0.29) is 12.1 Å². The molecule has 0 aliphatic carbocycles. The largest absolute Gasteiger partial charge is 0.336 e. The molecule has 2 amide bonds. The molecule has 1 aromatic carbocycles. The molecule has 1 aliphatic rings. The summed E-state index contributed by atoms with van der Waals surface area (Å²) in [6.45, 7) is 1.61. The highest BCUT2D eigenvalue weighted by molar-refractivity contribution is 7.99. The van der Waals surface area contributed by atoms with Crippen LogP contribution in [0.1, 0.15) is 17.4 Å². The van der Waals surface area contributed by atoms with Crippen molar-refractivity contribution in [3.63, 3.8) is 0 Å². The van der Waals surface area contributed by atoms with Crippen LogP contribution in [0.5, 0.6) is 0 Å². The Morgan fingerprint density at radius 3 is 2.64 bits per heavy atom. The number of rotatable bonds is 3. The first-order valence-electron chi connectivity index (χ1n) is 7.41. The second-order valence-electron chi connectivity index (χ2n) is 5.29. The maximum absolute atomic E-state index is 12.6. The quantitative estimate of drug-likeness (QED) is 0.945. The third kappa shape index (κ3) is 3.27. The molecule has 0 spiro atoms. The standard InChI is InChI=1S/C16H20N4OS/c1-19-8-7-17-15(19)14(13-5-3-2-4-6-13)18-16(21)20-9-11-22-12-10-20/h2-8,14H,9-12H2,1H3,(H,18,21)/t14-/m0/s1. The maximum atomic E-state index is 12.6. The first-order valence-corrected chi connectivity index (χ1v) is 8.56. The predicted octanol–water partition coefficient (Wildman–Crippen LogP) is 2.27. The van der Waals surface area contributed by atoms with Crippen LogP contribution in [0, 0.1) is 0 Å². The molecule has 1 aromatic heterocycles. The summed E-state index contributed by atoms with van der Waals surface area (Å²) in [6.07, 6.45) is 3.66. The van der Waals surface area contributed by atoms with Gasteiger partial charge < -0.3 is 14.8 Å². The molecular weight excluding hydrogens is 296 g/mol. The van der Waals surface area contributed by atoms with Crippen LogP contribution in [0.3, 0.4) is 0 Å². The van der Waals surface area contributed by atoms with E-state index in [1.807, 2.05) is 64.8 Å². The topological polar surface area (TPSA) is 50.2 Å². The van der Waals surface area contributed by atoms with E-state index in [1.165, 1.54) is 0 Å². The van der Waals surface area contributed by atoms with Gasteiger partial charge in [-0.1, -0.05) is 30.3 Å². The van der Waals surface area contributed by atoms with Gasteiger partial charge in [-0.3, -0.25) is 0 Å². The van der Waals surface area contributed by atoms with E-state index < -0.39 is 0 Å². The highest BCUT2D eigenvalue weighted by Gasteiger charge is 2.24. The van der Waals surface area contributed by atoms with Crippen molar-refractivity contribution in [2.24, 2.45) is 7.05 Å². The van der Waals surface area contributed by atoms with Crippen LogP contribution >= 0.6 is 11.8 Å². The van der Waals surface area contributed by atoms with Crippen molar-refractivity contribution in [2.45, 2.75) is 6.04 Å². The minimum Gasteiger partial charge on any atom is -0.336 e. The highest BCUT2D eigenvalue weighted by atomic mass is 32.2. The number of thioether (sulfide) groups is 1. The van der Waals surface area contributed by atoms with Crippen LogP contribution in [0.2, 0.25) is 0 Å². The predicted molar refractivity (Wildman–Crippen MR) is 88.9 cm³/mol. The molecular formula is C16H20N4OS. The molecule has 0 radical (unpaired) electrons. The fourth-order valence-electron chi connectivity index (χ4n) is 2.58. The molecule has 2 aromatic rings. The van der Waals surface area contributed by atoms with E-state index in [9.17, 15) is 4.79 Å². The van der Waals surface area contributed by atoms with Crippen molar-refractivity contribution in [1.82, 2.24) is 19.8 Å². The average Bonchev–Trinajstić information content (AvgIpc) is 3.00. The summed E-state index contributed by atoms with van der Waals surface area (Å²) in [7, 11) is 1.95. The Labute approximate surface area is 134 Å². The summed E-state index contributed by atoms with van der Waals surface area (Å²) in [5.41, 5.74) is 1.04. The molecule has 5 nitrogen and oxygen atoms in total. The Kier molecular flexibility index (Phi) is 4.68. The van der Waals surface area contributed by atoms with E-state index in [2.05, 4.69) is 10.3 Å². The Morgan fingerprint density at radius 2 is 2.00 bits per heavy atom. The van der Waals surface area contributed by atoms with Crippen LogP contribution in [-0.4, -0.2) is 45.1 Å². The van der Waals surface area contributed by atoms with Gasteiger partial charge in [-0.05, 0) is 5.56 Å². The van der Waals surface area contributed by atoms with Crippen LogP contribution in [-0.2, 0) is 7.05 Å². The molecule has 1 fully saturated rings. The van der Waals surface area contributed by atoms with E-state index in [1.54, 1.807) is 6.20 Å². The van der Waals surface area contributed by atoms with Crippen molar-refractivity contribution >= 4 is 17.8 Å². The van der Waals surface area contributed by atoms with Gasteiger partial charge in [0.05, 0.1) is 0 Å². The van der Waals surface area contributed by atoms with Crippen molar-refractivity contribution in [3.8, 4) is 0 Å². The second-order valence-corrected chi connectivity index (χ2v) is 6.51. The third-order valence-electron chi connectivity index (χ3n) is 3.82. The summed E-state index contributed by atoms with van der Waals surface area (Å²) in [4.78, 5) is 18.9. The number of carbonyl (C=O) groups is 1. The molecule has 1 saturated heterocycles. The Morgan fingerprint density at radius 1 is 1.27 bits per heavy atom. The van der Waals surface area contributed by atoms with Gasteiger partial charge in [0.1, 0.15) is 11.9 Å². The number of aromatic nitrogens is 2. The minimum atomic E-state index is -0.233. The van der Waals surface area contributed by atoms with Gasteiger partial charge in [0.2, 0.25) is 0 Å². The second kappa shape index (κ2) is 6.87. The molecule has 0 bridgehead atoms. The Hall–Kier alpha value is -1.95. The van der Waals surface area contributed by atoms with Crippen LogP contribution in [0.15, 0.2) is 42.7 Å². The number of amides is 2. The fourth-order valence-corrected chi connectivity index (χ4v) is 3.48. The van der Waals surface area contributed by atoms with Gasteiger partial charge in [-0.25, -0.2) is 9.78 Å². The number of hydrogen-bond acceptors (Lipinski definition) is 3. The highest BCUT2D eigenvalue weighted by Crippen LogP contribution is 2.21. The van der Waals surface area contributed by atoms with Crippen LogP contribution in [0.25, 0.3) is 0 Å². The van der Waals surface area contributed by atoms with E-state index in [0.29, 0.717) is 0 Å². The lowest BCUT2D eigenvalue weighted by Gasteiger charge is -2.29. The number of aryl methyl sites for hydroxylation is 1. The number of nitrogens with zero attached hydrogens (tertiary/aromatic N) is 3. The molecule has 22 heavy (non-hydrogen) atoms. The van der Waals surface area contributed by atoms with Crippen LogP contribution < -0.4 is 5.32 Å². The average molecular weight is 316 g/mol. The van der Waals surface area contributed by atoms with Crippen LogP contribution in [0.4, 0.5) is 4.79 Å². The van der Waals surface area contributed by atoms with E-state index in [0.717, 1.165) is 36.0 Å². The lowest BCUT2D eigenvalue weighted by Crippen LogP contribution is -2.46.